The van der Waals surface area contributed by atoms with E-state index in [2.05, 4.69) is 16.6 Å². The summed E-state index contributed by atoms with van der Waals surface area (Å²) < 4.78 is 4.57. The fourth-order valence-corrected chi connectivity index (χ4v) is 1.79. The number of hydrogen-bond donors (Lipinski definition) is 1. The van der Waals surface area contributed by atoms with Gasteiger partial charge in [-0.25, -0.2) is 4.79 Å². The summed E-state index contributed by atoms with van der Waals surface area (Å²) in [6, 6.07) is 0.560. The van der Waals surface area contributed by atoms with Crippen molar-refractivity contribution in [2.45, 2.75) is 38.1 Å². The monoisotopic (exact) mass is 197 g/mol. The standard InChI is InChI=1S/C11H19NO2/c1-9(11(13)14-2)8-12-10-6-4-3-5-7-10/h10,12H,1,3-8H2,2H3. The van der Waals surface area contributed by atoms with Crippen molar-refractivity contribution in [1.29, 1.82) is 0 Å². The highest BCUT2D eigenvalue weighted by Gasteiger charge is 2.14. The molecule has 1 fully saturated rings. The second-order valence-corrected chi connectivity index (χ2v) is 3.81. The van der Waals surface area contributed by atoms with E-state index >= 15 is 0 Å². The molecule has 0 aliphatic heterocycles. The molecule has 3 nitrogen and oxygen atoms in total. The molecule has 1 saturated carbocycles. The van der Waals surface area contributed by atoms with E-state index in [1.54, 1.807) is 0 Å². The molecule has 0 aromatic rings. The molecule has 0 amide bonds. The zero-order chi connectivity index (χ0) is 10.4. The second-order valence-electron chi connectivity index (χ2n) is 3.81. The molecule has 80 valence electrons. The van der Waals surface area contributed by atoms with Crippen LogP contribution in [0.3, 0.4) is 0 Å². The number of carbonyl (C=O) groups excluding carboxylic acids is 1. The first-order valence-electron chi connectivity index (χ1n) is 5.23. The predicted molar refractivity (Wildman–Crippen MR) is 56.0 cm³/mol. The molecule has 0 spiro atoms. The maximum atomic E-state index is 11.0. The Labute approximate surface area is 85.5 Å². The van der Waals surface area contributed by atoms with Crippen LogP contribution in [0.5, 0.6) is 0 Å². The molecular weight excluding hydrogens is 178 g/mol. The average Bonchev–Trinajstić information content (AvgIpc) is 2.26. The lowest BCUT2D eigenvalue weighted by Crippen LogP contribution is -2.33. The van der Waals surface area contributed by atoms with Crippen molar-refractivity contribution in [2.24, 2.45) is 0 Å². The summed E-state index contributed by atoms with van der Waals surface area (Å²) in [4.78, 5) is 11.0. The first-order valence-corrected chi connectivity index (χ1v) is 5.23. The number of methoxy groups -OCH3 is 1. The van der Waals surface area contributed by atoms with Gasteiger partial charge in [-0.05, 0) is 12.8 Å². The molecule has 0 unspecified atom stereocenters. The minimum absolute atomic E-state index is 0.312. The van der Waals surface area contributed by atoms with E-state index in [1.807, 2.05) is 0 Å². The van der Waals surface area contributed by atoms with Crippen LogP contribution in [-0.2, 0) is 9.53 Å². The van der Waals surface area contributed by atoms with Crippen LogP contribution in [0.25, 0.3) is 0 Å². The van der Waals surface area contributed by atoms with E-state index in [-0.39, 0.29) is 5.97 Å². The van der Waals surface area contributed by atoms with E-state index in [9.17, 15) is 4.79 Å². The first kappa shape index (κ1) is 11.2. The summed E-state index contributed by atoms with van der Waals surface area (Å²) in [5.41, 5.74) is 0.512. The number of esters is 1. The van der Waals surface area contributed by atoms with E-state index in [4.69, 9.17) is 0 Å². The summed E-state index contributed by atoms with van der Waals surface area (Å²) in [7, 11) is 1.38. The van der Waals surface area contributed by atoms with Crippen LogP contribution < -0.4 is 5.32 Å². The topological polar surface area (TPSA) is 38.3 Å². The Morgan fingerprint density at radius 1 is 1.43 bits per heavy atom. The quantitative estimate of drug-likeness (QED) is 0.550. The lowest BCUT2D eigenvalue weighted by Gasteiger charge is -2.22. The third-order valence-electron chi connectivity index (χ3n) is 2.68. The highest BCUT2D eigenvalue weighted by molar-refractivity contribution is 5.88. The van der Waals surface area contributed by atoms with Crippen LogP contribution in [0.2, 0.25) is 0 Å². The minimum Gasteiger partial charge on any atom is -0.466 e. The largest absolute Gasteiger partial charge is 0.466 e. The average molecular weight is 197 g/mol. The Morgan fingerprint density at radius 3 is 2.64 bits per heavy atom. The molecule has 0 radical (unpaired) electrons. The van der Waals surface area contributed by atoms with Gasteiger partial charge in [-0.1, -0.05) is 25.8 Å². The third-order valence-corrected chi connectivity index (χ3v) is 2.68. The normalized spacial score (nSPS) is 17.8. The highest BCUT2D eigenvalue weighted by atomic mass is 16.5. The SMILES string of the molecule is C=C(CNC1CCCCC1)C(=O)OC. The Kier molecular flexibility index (Phi) is 4.66. The molecule has 0 aromatic carbocycles. The Balaban J connectivity index is 2.18. The van der Waals surface area contributed by atoms with Crippen LogP contribution in [-0.4, -0.2) is 25.7 Å². The van der Waals surface area contributed by atoms with E-state index < -0.39 is 0 Å². The van der Waals surface area contributed by atoms with Crippen LogP contribution in [0, 0.1) is 0 Å². The molecule has 0 atom stereocenters. The molecule has 0 bridgehead atoms. The zero-order valence-electron chi connectivity index (χ0n) is 8.84. The second kappa shape index (κ2) is 5.81. The van der Waals surface area contributed by atoms with Crippen molar-refractivity contribution in [3.63, 3.8) is 0 Å². The molecule has 1 N–H and O–H groups in total. The summed E-state index contributed by atoms with van der Waals surface area (Å²) in [5, 5.41) is 3.34. The maximum Gasteiger partial charge on any atom is 0.334 e. The van der Waals surface area contributed by atoms with Crippen molar-refractivity contribution >= 4 is 5.97 Å². The summed E-state index contributed by atoms with van der Waals surface area (Å²) in [5.74, 6) is -0.312. The highest BCUT2D eigenvalue weighted by Crippen LogP contribution is 2.17. The van der Waals surface area contributed by atoms with Crippen LogP contribution >= 0.6 is 0 Å². The molecule has 0 aromatic heterocycles. The van der Waals surface area contributed by atoms with Crippen molar-refractivity contribution in [2.75, 3.05) is 13.7 Å². The van der Waals surface area contributed by atoms with E-state index in [0.717, 1.165) is 0 Å². The molecule has 1 aliphatic carbocycles. The third kappa shape index (κ3) is 3.50. The van der Waals surface area contributed by atoms with E-state index in [1.165, 1.54) is 39.2 Å². The van der Waals surface area contributed by atoms with Gasteiger partial charge in [0.25, 0.3) is 0 Å². The van der Waals surface area contributed by atoms with Crippen LogP contribution in [0.15, 0.2) is 12.2 Å². The van der Waals surface area contributed by atoms with Gasteiger partial charge in [-0.15, -0.1) is 0 Å². The minimum atomic E-state index is -0.312. The van der Waals surface area contributed by atoms with Gasteiger partial charge < -0.3 is 10.1 Å². The Hall–Kier alpha value is -0.830. The van der Waals surface area contributed by atoms with Gasteiger partial charge in [0.1, 0.15) is 0 Å². The molecule has 3 heteroatoms. The van der Waals surface area contributed by atoms with Gasteiger partial charge in [0.05, 0.1) is 7.11 Å². The maximum absolute atomic E-state index is 11.0. The number of nitrogens with one attached hydrogen (secondary N) is 1. The van der Waals surface area contributed by atoms with Crippen LogP contribution in [0.4, 0.5) is 0 Å². The van der Waals surface area contributed by atoms with Gasteiger partial charge in [0.2, 0.25) is 0 Å². The van der Waals surface area contributed by atoms with Gasteiger partial charge in [-0.2, -0.15) is 0 Å². The molecule has 0 saturated heterocycles. The Morgan fingerprint density at radius 2 is 2.07 bits per heavy atom. The Bertz CT molecular complexity index is 207. The lowest BCUT2D eigenvalue weighted by molar-refractivity contribution is -0.136. The zero-order valence-corrected chi connectivity index (χ0v) is 8.84. The summed E-state index contributed by atoms with van der Waals surface area (Å²) in [6.45, 7) is 4.23. The fourth-order valence-electron chi connectivity index (χ4n) is 1.79. The van der Waals surface area contributed by atoms with Crippen molar-refractivity contribution in [3.05, 3.63) is 12.2 Å². The molecule has 0 heterocycles. The fraction of sp³-hybridized carbons (Fsp3) is 0.727. The smallest absolute Gasteiger partial charge is 0.334 e. The van der Waals surface area contributed by atoms with Crippen LogP contribution in [0.1, 0.15) is 32.1 Å². The lowest BCUT2D eigenvalue weighted by atomic mass is 9.95. The number of carbonyl (C=O) groups is 1. The van der Waals surface area contributed by atoms with Gasteiger partial charge in [-0.3, -0.25) is 0 Å². The first-order chi connectivity index (χ1) is 6.74. The van der Waals surface area contributed by atoms with Gasteiger partial charge in [0.15, 0.2) is 0 Å². The van der Waals surface area contributed by atoms with E-state index in [0.29, 0.717) is 18.2 Å². The molecule has 1 aliphatic rings. The van der Waals surface area contributed by atoms with Gasteiger partial charge in [0, 0.05) is 18.2 Å². The summed E-state index contributed by atoms with van der Waals surface area (Å²) >= 11 is 0. The summed E-state index contributed by atoms with van der Waals surface area (Å²) in [6.07, 6.45) is 6.36. The number of rotatable bonds is 4. The molecular formula is C11H19NO2. The predicted octanol–water partition coefficient (Wildman–Crippen LogP) is 1.64. The number of hydrogen-bond acceptors (Lipinski definition) is 3. The van der Waals surface area contributed by atoms with Crippen molar-refractivity contribution in [1.82, 2.24) is 5.32 Å². The number of ether oxygens (including phenoxy) is 1. The van der Waals surface area contributed by atoms with Crippen molar-refractivity contribution in [3.8, 4) is 0 Å². The molecule has 14 heavy (non-hydrogen) atoms. The van der Waals surface area contributed by atoms with Gasteiger partial charge >= 0.3 is 5.97 Å². The molecule has 1 rings (SSSR count). The van der Waals surface area contributed by atoms with Crippen molar-refractivity contribution < 1.29 is 9.53 Å².